The van der Waals surface area contributed by atoms with E-state index < -0.39 is 0 Å². The fraction of sp³-hybridized carbons (Fsp3) is 1.00. The van der Waals surface area contributed by atoms with Gasteiger partial charge in [0, 0.05) is 0 Å². The Hall–Kier alpha value is -0.0800. The van der Waals surface area contributed by atoms with Crippen molar-refractivity contribution >= 4 is 0 Å². The molecule has 0 amide bonds. The van der Waals surface area contributed by atoms with Crippen LogP contribution in [0.2, 0.25) is 0 Å². The third-order valence-corrected chi connectivity index (χ3v) is 4.09. The summed E-state index contributed by atoms with van der Waals surface area (Å²) in [6.45, 7) is 0.773. The molecule has 2 aliphatic rings. The van der Waals surface area contributed by atoms with E-state index in [1.807, 2.05) is 0 Å². The van der Waals surface area contributed by atoms with Crippen LogP contribution in [0.5, 0.6) is 0 Å². The summed E-state index contributed by atoms with van der Waals surface area (Å²) in [5.41, 5.74) is 5.77. The number of hydrogen-bond acceptors (Lipinski definition) is 2. The molecule has 2 nitrogen and oxygen atoms in total. The maximum Gasteiger partial charge on any atom is 0.0653 e. The van der Waals surface area contributed by atoms with Gasteiger partial charge in [-0.1, -0.05) is 19.3 Å². The van der Waals surface area contributed by atoms with Crippen LogP contribution in [-0.2, 0) is 0 Å². The van der Waals surface area contributed by atoms with E-state index in [9.17, 15) is 5.11 Å². The summed E-state index contributed by atoms with van der Waals surface area (Å²) in [5, 5.41) is 10.3. The highest BCUT2D eigenvalue weighted by Gasteiger charge is 2.44. The molecule has 0 aliphatic heterocycles. The Morgan fingerprint density at radius 1 is 1.00 bits per heavy atom. The van der Waals surface area contributed by atoms with Crippen LogP contribution in [0.15, 0.2) is 0 Å². The van der Waals surface area contributed by atoms with Gasteiger partial charge < -0.3 is 10.8 Å². The second-order valence-corrected chi connectivity index (χ2v) is 5.17. The van der Waals surface area contributed by atoms with Gasteiger partial charge in [-0.3, -0.25) is 0 Å². The van der Waals surface area contributed by atoms with Gasteiger partial charge in [-0.2, -0.15) is 0 Å². The largest absolute Gasteiger partial charge is 0.390 e. The van der Waals surface area contributed by atoms with Crippen LogP contribution >= 0.6 is 0 Å². The Morgan fingerprint density at radius 3 is 2.00 bits per heavy atom. The van der Waals surface area contributed by atoms with Crippen molar-refractivity contribution in [3.63, 3.8) is 0 Å². The van der Waals surface area contributed by atoms with Gasteiger partial charge in [0.15, 0.2) is 0 Å². The van der Waals surface area contributed by atoms with E-state index in [0.29, 0.717) is 5.41 Å². The van der Waals surface area contributed by atoms with E-state index in [2.05, 4.69) is 0 Å². The minimum Gasteiger partial charge on any atom is -0.390 e. The Bertz CT molecular complexity index is 175. The lowest BCUT2D eigenvalue weighted by atomic mass is 9.63. The van der Waals surface area contributed by atoms with Gasteiger partial charge in [-0.05, 0) is 44.1 Å². The van der Waals surface area contributed by atoms with Crippen LogP contribution in [0.1, 0.15) is 51.4 Å². The minimum atomic E-state index is -0.347. The zero-order chi connectivity index (χ0) is 9.36. The standard InChI is InChI=1S/C11H21NO/c12-9-10(4-3-5-10)8-11(13)6-1-2-7-11/h13H,1-9,12H2. The van der Waals surface area contributed by atoms with E-state index in [0.717, 1.165) is 25.8 Å². The van der Waals surface area contributed by atoms with Crippen molar-refractivity contribution in [3.8, 4) is 0 Å². The van der Waals surface area contributed by atoms with E-state index in [1.165, 1.54) is 32.1 Å². The summed E-state index contributed by atoms with van der Waals surface area (Å²) >= 11 is 0. The molecule has 2 rings (SSSR count). The van der Waals surface area contributed by atoms with Gasteiger partial charge in [0.2, 0.25) is 0 Å². The first-order chi connectivity index (χ1) is 6.18. The van der Waals surface area contributed by atoms with Crippen molar-refractivity contribution in [1.82, 2.24) is 0 Å². The lowest BCUT2D eigenvalue weighted by Gasteiger charge is -2.45. The number of aliphatic hydroxyl groups is 1. The number of hydrogen-bond donors (Lipinski definition) is 2. The lowest BCUT2D eigenvalue weighted by molar-refractivity contribution is -0.0304. The molecular weight excluding hydrogens is 162 g/mol. The molecule has 2 fully saturated rings. The second kappa shape index (κ2) is 3.25. The van der Waals surface area contributed by atoms with Crippen molar-refractivity contribution in [3.05, 3.63) is 0 Å². The highest BCUT2D eigenvalue weighted by Crippen LogP contribution is 2.49. The molecule has 2 heteroatoms. The predicted octanol–water partition coefficient (Wildman–Crippen LogP) is 1.81. The smallest absolute Gasteiger partial charge is 0.0653 e. The van der Waals surface area contributed by atoms with Crippen molar-refractivity contribution in [2.75, 3.05) is 6.54 Å². The average Bonchev–Trinajstić information content (AvgIpc) is 2.45. The van der Waals surface area contributed by atoms with Crippen LogP contribution in [0.25, 0.3) is 0 Å². The zero-order valence-electron chi connectivity index (χ0n) is 8.39. The highest BCUT2D eigenvalue weighted by molar-refractivity contribution is 4.97. The molecule has 0 atom stereocenters. The van der Waals surface area contributed by atoms with Gasteiger partial charge >= 0.3 is 0 Å². The summed E-state index contributed by atoms with van der Waals surface area (Å²) in [5.74, 6) is 0. The molecule has 0 radical (unpaired) electrons. The maximum absolute atomic E-state index is 10.3. The first kappa shape index (κ1) is 9.47. The summed E-state index contributed by atoms with van der Waals surface area (Å²) in [6.07, 6.45) is 9.19. The molecule has 0 bridgehead atoms. The van der Waals surface area contributed by atoms with Crippen LogP contribution in [0, 0.1) is 5.41 Å². The Labute approximate surface area is 80.5 Å². The van der Waals surface area contributed by atoms with Gasteiger partial charge in [-0.25, -0.2) is 0 Å². The monoisotopic (exact) mass is 183 g/mol. The SMILES string of the molecule is NCC1(CC2(O)CCCC2)CCC1. The molecule has 0 unspecified atom stereocenters. The summed E-state index contributed by atoms with van der Waals surface area (Å²) in [6, 6.07) is 0. The highest BCUT2D eigenvalue weighted by atomic mass is 16.3. The van der Waals surface area contributed by atoms with Gasteiger partial charge in [0.1, 0.15) is 0 Å². The van der Waals surface area contributed by atoms with E-state index in [4.69, 9.17) is 5.73 Å². The van der Waals surface area contributed by atoms with Crippen molar-refractivity contribution in [2.24, 2.45) is 11.1 Å². The molecule has 2 aliphatic carbocycles. The maximum atomic E-state index is 10.3. The van der Waals surface area contributed by atoms with E-state index in [-0.39, 0.29) is 5.60 Å². The summed E-state index contributed by atoms with van der Waals surface area (Å²) < 4.78 is 0. The van der Waals surface area contributed by atoms with Crippen LogP contribution < -0.4 is 5.73 Å². The molecule has 3 N–H and O–H groups in total. The molecule has 0 aromatic carbocycles. The van der Waals surface area contributed by atoms with Gasteiger partial charge in [0.25, 0.3) is 0 Å². The molecule has 0 aromatic heterocycles. The molecule has 76 valence electrons. The molecular formula is C11H21NO. The first-order valence-corrected chi connectivity index (χ1v) is 5.61. The van der Waals surface area contributed by atoms with Gasteiger partial charge in [-0.15, -0.1) is 0 Å². The fourth-order valence-corrected chi connectivity index (χ4v) is 3.04. The molecule has 0 aromatic rings. The molecule has 13 heavy (non-hydrogen) atoms. The quantitative estimate of drug-likeness (QED) is 0.701. The van der Waals surface area contributed by atoms with E-state index >= 15 is 0 Å². The lowest BCUT2D eigenvalue weighted by Crippen LogP contribution is -2.44. The Morgan fingerprint density at radius 2 is 1.62 bits per heavy atom. The second-order valence-electron chi connectivity index (χ2n) is 5.17. The van der Waals surface area contributed by atoms with Crippen LogP contribution in [-0.4, -0.2) is 17.3 Å². The normalized spacial score (nSPS) is 30.0. The molecule has 0 saturated heterocycles. The molecule has 0 spiro atoms. The third kappa shape index (κ3) is 1.75. The summed E-state index contributed by atoms with van der Waals surface area (Å²) in [7, 11) is 0. The number of rotatable bonds is 3. The van der Waals surface area contributed by atoms with Crippen molar-refractivity contribution in [2.45, 2.75) is 57.0 Å². The molecule has 0 heterocycles. The summed E-state index contributed by atoms with van der Waals surface area (Å²) in [4.78, 5) is 0. The minimum absolute atomic E-state index is 0.319. The Kier molecular flexibility index (Phi) is 2.37. The number of nitrogens with two attached hydrogens (primary N) is 1. The topological polar surface area (TPSA) is 46.2 Å². The van der Waals surface area contributed by atoms with Crippen molar-refractivity contribution in [1.29, 1.82) is 0 Å². The molecule has 2 saturated carbocycles. The Balaban J connectivity index is 1.95. The van der Waals surface area contributed by atoms with Crippen LogP contribution in [0.3, 0.4) is 0 Å². The van der Waals surface area contributed by atoms with E-state index in [1.54, 1.807) is 0 Å². The average molecular weight is 183 g/mol. The fourth-order valence-electron chi connectivity index (χ4n) is 3.04. The van der Waals surface area contributed by atoms with Gasteiger partial charge in [0.05, 0.1) is 5.60 Å². The zero-order valence-corrected chi connectivity index (χ0v) is 8.39. The third-order valence-electron chi connectivity index (χ3n) is 4.09. The first-order valence-electron chi connectivity index (χ1n) is 5.61. The predicted molar refractivity (Wildman–Crippen MR) is 53.4 cm³/mol. The van der Waals surface area contributed by atoms with Crippen molar-refractivity contribution < 1.29 is 5.11 Å². The van der Waals surface area contributed by atoms with Crippen LogP contribution in [0.4, 0.5) is 0 Å².